The van der Waals surface area contributed by atoms with E-state index in [1.165, 1.54) is 44.9 Å². The first-order valence-corrected chi connectivity index (χ1v) is 5.99. The minimum atomic E-state index is 0.503. The first-order chi connectivity index (χ1) is 6.22. The van der Waals surface area contributed by atoms with Crippen LogP contribution >= 0.6 is 0 Å². The standard InChI is InChI=1S/C12H23N/c1-3-10-8-11(9-10)13-12(2)6-4-5-7-12/h10-11,13H,3-9H2,1-2H3. The SMILES string of the molecule is CCC1CC(NC2(C)CCCC2)C1. The molecule has 0 aromatic carbocycles. The molecular weight excluding hydrogens is 158 g/mol. The van der Waals surface area contributed by atoms with Crippen molar-refractivity contribution >= 4 is 0 Å². The third-order valence-corrected chi connectivity index (χ3v) is 4.07. The van der Waals surface area contributed by atoms with Crippen molar-refractivity contribution in [3.8, 4) is 0 Å². The van der Waals surface area contributed by atoms with E-state index < -0.39 is 0 Å². The summed E-state index contributed by atoms with van der Waals surface area (Å²) in [6.07, 6.45) is 9.94. The Labute approximate surface area is 82.3 Å². The molecule has 0 atom stereocenters. The lowest BCUT2D eigenvalue weighted by Gasteiger charge is -2.41. The van der Waals surface area contributed by atoms with E-state index in [0.717, 1.165) is 12.0 Å². The highest BCUT2D eigenvalue weighted by Gasteiger charge is 2.35. The van der Waals surface area contributed by atoms with Gasteiger partial charge in [-0.2, -0.15) is 0 Å². The first kappa shape index (κ1) is 9.51. The summed E-state index contributed by atoms with van der Waals surface area (Å²) >= 11 is 0. The van der Waals surface area contributed by atoms with Gasteiger partial charge in [0.2, 0.25) is 0 Å². The van der Waals surface area contributed by atoms with E-state index in [4.69, 9.17) is 0 Å². The van der Waals surface area contributed by atoms with E-state index in [1.807, 2.05) is 0 Å². The van der Waals surface area contributed by atoms with Gasteiger partial charge in [0, 0.05) is 11.6 Å². The second-order valence-corrected chi connectivity index (χ2v) is 5.35. The van der Waals surface area contributed by atoms with Crippen molar-refractivity contribution in [1.29, 1.82) is 0 Å². The molecule has 0 saturated heterocycles. The maximum Gasteiger partial charge on any atom is 0.0155 e. The second kappa shape index (κ2) is 3.61. The highest BCUT2D eigenvalue weighted by Crippen LogP contribution is 2.35. The van der Waals surface area contributed by atoms with E-state index >= 15 is 0 Å². The molecular formula is C12H23N. The molecule has 2 rings (SSSR count). The largest absolute Gasteiger partial charge is 0.309 e. The summed E-state index contributed by atoms with van der Waals surface area (Å²) in [6, 6.07) is 0.855. The van der Waals surface area contributed by atoms with Crippen LogP contribution in [0.5, 0.6) is 0 Å². The predicted molar refractivity (Wildman–Crippen MR) is 56.8 cm³/mol. The Bertz CT molecular complexity index is 164. The smallest absolute Gasteiger partial charge is 0.0155 e. The van der Waals surface area contributed by atoms with Gasteiger partial charge < -0.3 is 5.32 Å². The zero-order valence-corrected chi connectivity index (χ0v) is 9.10. The van der Waals surface area contributed by atoms with Crippen LogP contribution in [0.25, 0.3) is 0 Å². The summed E-state index contributed by atoms with van der Waals surface area (Å²) in [4.78, 5) is 0. The molecule has 0 unspecified atom stereocenters. The summed E-state index contributed by atoms with van der Waals surface area (Å²) < 4.78 is 0. The summed E-state index contributed by atoms with van der Waals surface area (Å²) in [5.41, 5.74) is 0.503. The number of hydrogen-bond donors (Lipinski definition) is 1. The van der Waals surface area contributed by atoms with Crippen molar-refractivity contribution in [3.05, 3.63) is 0 Å². The normalized spacial score (nSPS) is 37.4. The summed E-state index contributed by atoms with van der Waals surface area (Å²) in [5.74, 6) is 1.03. The third-order valence-electron chi connectivity index (χ3n) is 4.07. The maximum atomic E-state index is 3.86. The van der Waals surface area contributed by atoms with Crippen LogP contribution < -0.4 is 5.32 Å². The Morgan fingerprint density at radius 3 is 2.38 bits per heavy atom. The lowest BCUT2D eigenvalue weighted by atomic mass is 9.77. The summed E-state index contributed by atoms with van der Waals surface area (Å²) in [7, 11) is 0. The summed E-state index contributed by atoms with van der Waals surface area (Å²) in [6.45, 7) is 4.73. The van der Waals surface area contributed by atoms with Crippen LogP contribution in [0.2, 0.25) is 0 Å². The lowest BCUT2D eigenvalue weighted by molar-refractivity contribution is 0.169. The second-order valence-electron chi connectivity index (χ2n) is 5.35. The van der Waals surface area contributed by atoms with Gasteiger partial charge in [0.25, 0.3) is 0 Å². The average molecular weight is 181 g/mol. The van der Waals surface area contributed by atoms with E-state index in [2.05, 4.69) is 19.2 Å². The van der Waals surface area contributed by atoms with Gasteiger partial charge in [0.05, 0.1) is 0 Å². The van der Waals surface area contributed by atoms with Crippen molar-refractivity contribution in [2.75, 3.05) is 0 Å². The summed E-state index contributed by atoms with van der Waals surface area (Å²) in [5, 5.41) is 3.86. The molecule has 0 radical (unpaired) electrons. The minimum absolute atomic E-state index is 0.503. The molecule has 0 bridgehead atoms. The topological polar surface area (TPSA) is 12.0 Å². The Morgan fingerprint density at radius 2 is 1.85 bits per heavy atom. The third kappa shape index (κ3) is 2.07. The van der Waals surface area contributed by atoms with Crippen LogP contribution in [-0.2, 0) is 0 Å². The molecule has 2 aliphatic rings. The number of rotatable bonds is 3. The molecule has 0 heterocycles. The van der Waals surface area contributed by atoms with Crippen LogP contribution in [0.15, 0.2) is 0 Å². The molecule has 2 fully saturated rings. The first-order valence-electron chi connectivity index (χ1n) is 5.99. The fraction of sp³-hybridized carbons (Fsp3) is 1.00. The molecule has 13 heavy (non-hydrogen) atoms. The van der Waals surface area contributed by atoms with Gasteiger partial charge in [0.15, 0.2) is 0 Å². The van der Waals surface area contributed by atoms with Crippen molar-refractivity contribution < 1.29 is 0 Å². The molecule has 0 aromatic rings. The molecule has 0 spiro atoms. The van der Waals surface area contributed by atoms with Gasteiger partial charge in [-0.25, -0.2) is 0 Å². The zero-order valence-electron chi connectivity index (χ0n) is 9.10. The molecule has 0 aromatic heterocycles. The predicted octanol–water partition coefficient (Wildman–Crippen LogP) is 3.10. The van der Waals surface area contributed by atoms with Crippen LogP contribution in [0, 0.1) is 5.92 Å². The van der Waals surface area contributed by atoms with Crippen molar-refractivity contribution in [1.82, 2.24) is 5.32 Å². The molecule has 2 aliphatic carbocycles. The highest BCUT2D eigenvalue weighted by atomic mass is 15.0. The molecule has 76 valence electrons. The number of hydrogen-bond acceptors (Lipinski definition) is 1. The lowest BCUT2D eigenvalue weighted by Crippen LogP contribution is -2.51. The molecule has 1 heteroatoms. The van der Waals surface area contributed by atoms with Crippen LogP contribution in [0.4, 0.5) is 0 Å². The Kier molecular flexibility index (Phi) is 2.64. The molecule has 2 saturated carbocycles. The molecule has 1 N–H and O–H groups in total. The zero-order chi connectivity index (χ0) is 9.31. The Hall–Kier alpha value is -0.0400. The molecule has 0 aliphatic heterocycles. The van der Waals surface area contributed by atoms with Gasteiger partial charge in [-0.1, -0.05) is 26.2 Å². The molecule has 0 amide bonds. The monoisotopic (exact) mass is 181 g/mol. The van der Waals surface area contributed by atoms with E-state index in [-0.39, 0.29) is 0 Å². The van der Waals surface area contributed by atoms with Gasteiger partial charge >= 0.3 is 0 Å². The van der Waals surface area contributed by atoms with Crippen LogP contribution in [0.3, 0.4) is 0 Å². The van der Waals surface area contributed by atoms with E-state index in [9.17, 15) is 0 Å². The number of nitrogens with one attached hydrogen (secondary N) is 1. The van der Waals surface area contributed by atoms with Crippen LogP contribution in [0.1, 0.15) is 58.8 Å². The maximum absolute atomic E-state index is 3.86. The average Bonchev–Trinajstić information content (AvgIpc) is 2.44. The Balaban J connectivity index is 1.73. The van der Waals surface area contributed by atoms with Gasteiger partial charge in [0.1, 0.15) is 0 Å². The van der Waals surface area contributed by atoms with Gasteiger partial charge in [-0.05, 0) is 38.5 Å². The Morgan fingerprint density at radius 1 is 1.23 bits per heavy atom. The van der Waals surface area contributed by atoms with Crippen molar-refractivity contribution in [3.63, 3.8) is 0 Å². The fourth-order valence-electron chi connectivity index (χ4n) is 2.98. The van der Waals surface area contributed by atoms with Gasteiger partial charge in [-0.3, -0.25) is 0 Å². The van der Waals surface area contributed by atoms with E-state index in [1.54, 1.807) is 0 Å². The quantitative estimate of drug-likeness (QED) is 0.705. The minimum Gasteiger partial charge on any atom is -0.309 e. The van der Waals surface area contributed by atoms with Crippen molar-refractivity contribution in [2.24, 2.45) is 5.92 Å². The van der Waals surface area contributed by atoms with E-state index in [0.29, 0.717) is 5.54 Å². The van der Waals surface area contributed by atoms with Gasteiger partial charge in [-0.15, -0.1) is 0 Å². The van der Waals surface area contributed by atoms with Crippen LogP contribution in [-0.4, -0.2) is 11.6 Å². The van der Waals surface area contributed by atoms with Crippen molar-refractivity contribution in [2.45, 2.75) is 70.4 Å². The fourth-order valence-corrected chi connectivity index (χ4v) is 2.98. The molecule has 1 nitrogen and oxygen atoms in total. The highest BCUT2D eigenvalue weighted by molar-refractivity contribution is 4.95.